The van der Waals surface area contributed by atoms with E-state index in [2.05, 4.69) is 6.58 Å². The Kier molecular flexibility index (Phi) is 4.56. The number of rotatable bonds is 2. The van der Waals surface area contributed by atoms with Gasteiger partial charge in [0.15, 0.2) is 5.78 Å². The van der Waals surface area contributed by atoms with Gasteiger partial charge in [-0.1, -0.05) is 20.4 Å². The minimum absolute atomic E-state index is 0.00359. The van der Waals surface area contributed by atoms with Gasteiger partial charge in [0.25, 0.3) is 0 Å². The molecule has 0 spiro atoms. The van der Waals surface area contributed by atoms with Gasteiger partial charge < -0.3 is 19.3 Å². The third kappa shape index (κ3) is 3.21. The van der Waals surface area contributed by atoms with Gasteiger partial charge in [-0.2, -0.15) is 0 Å². The number of fused-ring (bicyclic) bond motifs is 2. The zero-order valence-corrected chi connectivity index (χ0v) is 15.4. The molecule has 0 amide bonds. The maximum atomic E-state index is 12.4. The summed E-state index contributed by atoms with van der Waals surface area (Å²) < 4.78 is 16.4. The van der Waals surface area contributed by atoms with Gasteiger partial charge >= 0.3 is 11.9 Å². The first-order chi connectivity index (χ1) is 12.0. The van der Waals surface area contributed by atoms with Crippen molar-refractivity contribution in [3.8, 4) is 0 Å². The third-order valence-electron chi connectivity index (χ3n) is 5.18. The zero-order chi connectivity index (χ0) is 19.4. The number of aliphatic hydroxyl groups is 1. The van der Waals surface area contributed by atoms with Crippen molar-refractivity contribution in [3.05, 3.63) is 23.8 Å². The second kappa shape index (κ2) is 6.32. The summed E-state index contributed by atoms with van der Waals surface area (Å²) in [5, 5.41) is 10.9. The fourth-order valence-corrected chi connectivity index (χ4v) is 3.57. The lowest BCUT2D eigenvalue weighted by Crippen LogP contribution is -2.44. The predicted octanol–water partition coefficient (Wildman–Crippen LogP) is 1.09. The van der Waals surface area contributed by atoms with Gasteiger partial charge in [-0.25, -0.2) is 4.79 Å². The van der Waals surface area contributed by atoms with Crippen molar-refractivity contribution >= 4 is 17.7 Å². The van der Waals surface area contributed by atoms with E-state index in [0.717, 1.165) is 0 Å². The van der Waals surface area contributed by atoms with Crippen LogP contribution in [0.25, 0.3) is 0 Å². The van der Waals surface area contributed by atoms with E-state index in [1.54, 1.807) is 26.8 Å². The maximum Gasteiger partial charge on any atom is 0.334 e. The van der Waals surface area contributed by atoms with E-state index < -0.39 is 47.9 Å². The summed E-state index contributed by atoms with van der Waals surface area (Å²) in [5.41, 5.74) is -0.865. The second-order valence-corrected chi connectivity index (χ2v) is 7.80. The van der Waals surface area contributed by atoms with E-state index in [-0.39, 0.29) is 23.7 Å². The molecule has 142 valence electrons. The lowest BCUT2D eigenvalue weighted by Gasteiger charge is -2.32. The van der Waals surface area contributed by atoms with E-state index >= 15 is 0 Å². The minimum Gasteiger partial charge on any atom is -0.461 e. The molecular weight excluding hydrogens is 340 g/mol. The summed E-state index contributed by atoms with van der Waals surface area (Å²) in [6, 6.07) is 0. The smallest absolute Gasteiger partial charge is 0.334 e. The molecule has 0 aromatic carbocycles. The number of epoxide rings is 1. The number of ketones is 1. The van der Waals surface area contributed by atoms with Crippen molar-refractivity contribution < 1.29 is 33.7 Å². The quantitative estimate of drug-likeness (QED) is 0.444. The van der Waals surface area contributed by atoms with E-state index in [0.29, 0.717) is 5.57 Å². The number of Topliss-reactive ketones (excluding diaryl/α,β-unsaturated/α-hetero) is 1. The SMILES string of the molecule is C=C1C(=O)O[C@@H]2/C=C(/C)C(=O)[C@@H]3O[C@H]3[C@](C)(O)C[C@@H](OC(=O)C(C)C)[C@@H]12. The first-order valence-corrected chi connectivity index (χ1v) is 8.73. The Morgan fingerprint density at radius 3 is 2.69 bits per heavy atom. The molecule has 0 saturated carbocycles. The topological polar surface area (TPSA) is 102 Å². The average Bonchev–Trinajstić information content (AvgIpc) is 3.29. The average molecular weight is 364 g/mol. The van der Waals surface area contributed by atoms with E-state index in [1.807, 2.05) is 0 Å². The standard InChI is InChI=1S/C19H24O7/c1-8(2)17(21)25-12-7-19(5,23)16-15(26-16)14(20)9(3)6-11-13(12)10(4)18(22)24-11/h6,8,11-13,15-16,23H,4,7H2,1-3,5H3/b9-6-/t11-,12-,13+,15+,16-,19-/m1/s1. The van der Waals surface area contributed by atoms with Crippen molar-refractivity contribution in [2.75, 3.05) is 0 Å². The fourth-order valence-electron chi connectivity index (χ4n) is 3.57. The highest BCUT2D eigenvalue weighted by Gasteiger charge is 2.58. The summed E-state index contributed by atoms with van der Waals surface area (Å²) in [6.07, 6.45) is -1.47. The lowest BCUT2D eigenvalue weighted by molar-refractivity contribution is -0.160. The summed E-state index contributed by atoms with van der Waals surface area (Å²) >= 11 is 0. The van der Waals surface area contributed by atoms with Gasteiger partial charge in [-0.15, -0.1) is 0 Å². The Morgan fingerprint density at radius 1 is 1.42 bits per heavy atom. The molecule has 1 aliphatic carbocycles. The van der Waals surface area contributed by atoms with Crippen LogP contribution in [-0.4, -0.2) is 52.8 Å². The first kappa shape index (κ1) is 18.8. The molecule has 26 heavy (non-hydrogen) atoms. The molecule has 3 rings (SSSR count). The monoisotopic (exact) mass is 364 g/mol. The zero-order valence-electron chi connectivity index (χ0n) is 15.4. The highest BCUT2D eigenvalue weighted by atomic mass is 16.6. The molecule has 2 aliphatic heterocycles. The van der Waals surface area contributed by atoms with Crippen LogP contribution in [0.2, 0.25) is 0 Å². The molecule has 0 radical (unpaired) electrons. The van der Waals surface area contributed by atoms with Gasteiger partial charge in [0.1, 0.15) is 24.4 Å². The predicted molar refractivity (Wildman–Crippen MR) is 89.9 cm³/mol. The molecule has 6 atom stereocenters. The molecule has 2 saturated heterocycles. The van der Waals surface area contributed by atoms with Gasteiger partial charge in [-0.05, 0) is 25.5 Å². The molecule has 3 aliphatic rings. The van der Waals surface area contributed by atoms with Gasteiger partial charge in [0.05, 0.1) is 17.4 Å². The molecule has 7 nitrogen and oxygen atoms in total. The number of carbonyl (C=O) groups excluding carboxylic acids is 3. The Morgan fingerprint density at radius 2 is 2.08 bits per heavy atom. The van der Waals surface area contributed by atoms with Crippen LogP contribution >= 0.6 is 0 Å². The van der Waals surface area contributed by atoms with Crippen LogP contribution in [-0.2, 0) is 28.6 Å². The summed E-state index contributed by atoms with van der Waals surface area (Å²) in [6.45, 7) is 10.3. The summed E-state index contributed by atoms with van der Waals surface area (Å²) in [4.78, 5) is 36.7. The number of carbonyl (C=O) groups is 3. The third-order valence-corrected chi connectivity index (χ3v) is 5.18. The largest absolute Gasteiger partial charge is 0.461 e. The van der Waals surface area contributed by atoms with Crippen molar-refractivity contribution in [2.45, 2.75) is 64.1 Å². The summed E-state index contributed by atoms with van der Waals surface area (Å²) in [7, 11) is 0. The Hall–Kier alpha value is -1.99. The Bertz CT molecular complexity index is 703. The lowest BCUT2D eigenvalue weighted by atomic mass is 9.80. The van der Waals surface area contributed by atoms with E-state index in [9.17, 15) is 19.5 Å². The van der Waals surface area contributed by atoms with E-state index in [1.165, 1.54) is 6.92 Å². The Labute approximate surface area is 152 Å². The molecule has 2 heterocycles. The van der Waals surface area contributed by atoms with Crippen LogP contribution in [0.1, 0.15) is 34.1 Å². The Balaban J connectivity index is 2.02. The van der Waals surface area contributed by atoms with Crippen LogP contribution in [0.4, 0.5) is 0 Å². The molecule has 0 unspecified atom stereocenters. The van der Waals surface area contributed by atoms with Gasteiger partial charge in [0, 0.05) is 12.0 Å². The summed E-state index contributed by atoms with van der Waals surface area (Å²) in [5.74, 6) is -2.33. The minimum atomic E-state index is -1.41. The van der Waals surface area contributed by atoms with E-state index in [4.69, 9.17) is 14.2 Å². The maximum absolute atomic E-state index is 12.4. The van der Waals surface area contributed by atoms with Crippen molar-refractivity contribution in [2.24, 2.45) is 11.8 Å². The van der Waals surface area contributed by atoms with Crippen LogP contribution in [0.15, 0.2) is 23.8 Å². The number of hydrogen-bond acceptors (Lipinski definition) is 7. The highest BCUT2D eigenvalue weighted by molar-refractivity contribution is 6.01. The normalized spacial score (nSPS) is 41.7. The second-order valence-electron chi connectivity index (χ2n) is 7.80. The van der Waals surface area contributed by atoms with Crippen LogP contribution in [0.5, 0.6) is 0 Å². The molecule has 1 N–H and O–H groups in total. The number of esters is 2. The van der Waals surface area contributed by atoms with Crippen LogP contribution in [0, 0.1) is 11.8 Å². The molecule has 0 aromatic heterocycles. The molecule has 0 aromatic rings. The van der Waals surface area contributed by atoms with Crippen LogP contribution < -0.4 is 0 Å². The van der Waals surface area contributed by atoms with Crippen molar-refractivity contribution in [1.82, 2.24) is 0 Å². The fraction of sp³-hybridized carbons (Fsp3) is 0.632. The van der Waals surface area contributed by atoms with Crippen LogP contribution in [0.3, 0.4) is 0 Å². The first-order valence-electron chi connectivity index (χ1n) is 8.73. The van der Waals surface area contributed by atoms with Gasteiger partial charge in [0.2, 0.25) is 0 Å². The highest BCUT2D eigenvalue weighted by Crippen LogP contribution is 2.43. The van der Waals surface area contributed by atoms with Crippen molar-refractivity contribution in [3.63, 3.8) is 0 Å². The molecule has 0 bridgehead atoms. The number of hydrogen-bond donors (Lipinski definition) is 1. The van der Waals surface area contributed by atoms with Gasteiger partial charge in [-0.3, -0.25) is 9.59 Å². The van der Waals surface area contributed by atoms with Crippen molar-refractivity contribution in [1.29, 1.82) is 0 Å². The molecule has 2 fully saturated rings. The number of ether oxygens (including phenoxy) is 3. The molecule has 7 heteroatoms. The molecular formula is C19H24O7.